The topological polar surface area (TPSA) is 0 Å². The molecule has 0 aliphatic rings. The van der Waals surface area contributed by atoms with Gasteiger partial charge in [-0.2, -0.15) is 13.2 Å². The van der Waals surface area contributed by atoms with Crippen LogP contribution in [0.4, 0.5) is 13.2 Å². The minimum Gasteiger partial charge on any atom is -0.166 e. The fourth-order valence-electron chi connectivity index (χ4n) is 1.98. The lowest BCUT2D eigenvalue weighted by atomic mass is 10.0. The minimum absolute atomic E-state index is 0.304. The van der Waals surface area contributed by atoms with Gasteiger partial charge in [-0.05, 0) is 54.6 Å². The molecule has 0 aromatic heterocycles. The maximum absolute atomic E-state index is 13.1. The van der Waals surface area contributed by atoms with Crippen LogP contribution in [0.1, 0.15) is 16.7 Å². The van der Waals surface area contributed by atoms with Gasteiger partial charge in [0.2, 0.25) is 0 Å². The van der Waals surface area contributed by atoms with E-state index in [0.717, 1.165) is 11.6 Å². The fourth-order valence-corrected chi connectivity index (χ4v) is 5.25. The van der Waals surface area contributed by atoms with Gasteiger partial charge in [0, 0.05) is 5.30 Å². The van der Waals surface area contributed by atoms with E-state index in [1.165, 1.54) is 6.07 Å². The van der Waals surface area contributed by atoms with E-state index in [1.807, 2.05) is 30.3 Å². The molecule has 0 spiro atoms. The van der Waals surface area contributed by atoms with Crippen molar-refractivity contribution in [2.45, 2.75) is 12.6 Å². The molecule has 0 aliphatic heterocycles. The van der Waals surface area contributed by atoms with Crippen LogP contribution in [0.3, 0.4) is 0 Å². The van der Waals surface area contributed by atoms with Crippen molar-refractivity contribution in [2.24, 2.45) is 0 Å². The van der Waals surface area contributed by atoms with Gasteiger partial charge in [-0.25, -0.2) is 0 Å². The minimum atomic E-state index is -4.34. The van der Waals surface area contributed by atoms with E-state index in [4.69, 9.17) is 0 Å². The van der Waals surface area contributed by atoms with Crippen molar-refractivity contribution in [2.75, 3.05) is 0 Å². The highest BCUT2D eigenvalue weighted by Gasteiger charge is 2.35. The molecule has 0 bridgehead atoms. The van der Waals surface area contributed by atoms with E-state index in [2.05, 4.69) is 31.0 Å². The second-order valence-electron chi connectivity index (χ2n) is 4.21. The van der Waals surface area contributed by atoms with Crippen LogP contribution < -0.4 is 5.30 Å². The lowest BCUT2D eigenvalue weighted by molar-refractivity contribution is -0.136. The van der Waals surface area contributed by atoms with Crippen LogP contribution >= 0.6 is 36.3 Å². The van der Waals surface area contributed by atoms with Crippen LogP contribution in [0.2, 0.25) is 0 Å². The third-order valence-electron chi connectivity index (χ3n) is 2.83. The summed E-state index contributed by atoms with van der Waals surface area (Å²) in [6.07, 6.45) is -3.86. The summed E-state index contributed by atoms with van der Waals surface area (Å²) < 4.78 is 39.3. The zero-order valence-electron chi connectivity index (χ0n) is 10.2. The number of halogens is 5. The van der Waals surface area contributed by atoms with Crippen molar-refractivity contribution < 1.29 is 13.2 Å². The third-order valence-corrected chi connectivity index (χ3v) is 5.83. The standard InChI is InChI=1S/C14H10Br2F3P/c15-20(16)13-11(9-10-5-2-1-3-6-10)7-4-8-12(13)14(17,18)19/h1-8H,9H2. The second kappa shape index (κ2) is 6.59. The quantitative estimate of drug-likeness (QED) is 0.527. The molecule has 0 amide bonds. The van der Waals surface area contributed by atoms with Gasteiger partial charge in [0.1, 0.15) is 0 Å². The molecule has 0 saturated carbocycles. The van der Waals surface area contributed by atoms with Crippen molar-refractivity contribution in [3.63, 3.8) is 0 Å². The predicted octanol–water partition coefficient (Wildman–Crippen LogP) is 6.02. The molecular formula is C14H10Br2F3P. The Labute approximate surface area is 132 Å². The fraction of sp³-hybridized carbons (Fsp3) is 0.143. The second-order valence-corrected chi connectivity index (χ2v) is 12.2. The van der Waals surface area contributed by atoms with E-state index < -0.39 is 17.1 Å². The van der Waals surface area contributed by atoms with Crippen LogP contribution in [-0.4, -0.2) is 0 Å². The molecule has 2 rings (SSSR count). The van der Waals surface area contributed by atoms with E-state index in [1.54, 1.807) is 6.07 Å². The number of hydrogen-bond acceptors (Lipinski definition) is 0. The number of alkyl halides is 3. The molecule has 0 N–H and O–H groups in total. The summed E-state index contributed by atoms with van der Waals surface area (Å²) in [5, 5.41) is -0.888. The van der Waals surface area contributed by atoms with E-state index in [0.29, 0.717) is 17.3 Å². The first-order valence-corrected chi connectivity index (χ1v) is 11.1. The van der Waals surface area contributed by atoms with E-state index >= 15 is 0 Å². The van der Waals surface area contributed by atoms with Gasteiger partial charge in [0.25, 0.3) is 0 Å². The van der Waals surface area contributed by atoms with Gasteiger partial charge in [-0.1, -0.05) is 42.5 Å². The Morgan fingerprint density at radius 3 is 2.10 bits per heavy atom. The first kappa shape index (κ1) is 16.0. The highest BCUT2D eigenvalue weighted by Crippen LogP contribution is 2.54. The summed E-state index contributed by atoms with van der Waals surface area (Å²) in [6.45, 7) is 0. The molecule has 2 aromatic carbocycles. The van der Waals surface area contributed by atoms with Crippen LogP contribution in [0.5, 0.6) is 0 Å². The third kappa shape index (κ3) is 3.84. The largest absolute Gasteiger partial charge is 0.417 e. The van der Waals surface area contributed by atoms with Crippen LogP contribution in [0.25, 0.3) is 0 Å². The van der Waals surface area contributed by atoms with Crippen LogP contribution in [0.15, 0.2) is 48.5 Å². The Morgan fingerprint density at radius 1 is 0.900 bits per heavy atom. The number of benzene rings is 2. The van der Waals surface area contributed by atoms with Gasteiger partial charge in [0.05, 0.1) is 10.9 Å². The monoisotopic (exact) mass is 424 g/mol. The zero-order valence-corrected chi connectivity index (χ0v) is 14.2. The van der Waals surface area contributed by atoms with Crippen molar-refractivity contribution in [3.05, 3.63) is 65.2 Å². The van der Waals surface area contributed by atoms with Crippen molar-refractivity contribution in [3.8, 4) is 0 Å². The summed E-state index contributed by atoms with van der Waals surface area (Å²) in [6, 6.07) is 13.8. The lowest BCUT2D eigenvalue weighted by Crippen LogP contribution is -2.20. The van der Waals surface area contributed by atoms with Gasteiger partial charge in [0.15, 0.2) is 0 Å². The van der Waals surface area contributed by atoms with E-state index in [-0.39, 0.29) is 0 Å². The predicted molar refractivity (Wildman–Crippen MR) is 85.1 cm³/mol. The summed E-state index contributed by atoms with van der Waals surface area (Å²) in [5.41, 5.74) is 1.10. The first-order valence-electron chi connectivity index (χ1n) is 5.74. The average molecular weight is 426 g/mol. The Hall–Kier alpha value is -0.380. The molecule has 20 heavy (non-hydrogen) atoms. The molecule has 0 radical (unpaired) electrons. The lowest BCUT2D eigenvalue weighted by Gasteiger charge is -2.17. The smallest absolute Gasteiger partial charge is 0.166 e. The highest BCUT2D eigenvalue weighted by molar-refractivity contribution is 9.70. The van der Waals surface area contributed by atoms with Gasteiger partial charge >= 0.3 is 6.18 Å². The maximum Gasteiger partial charge on any atom is 0.417 e. The van der Waals surface area contributed by atoms with Crippen molar-refractivity contribution in [1.82, 2.24) is 0 Å². The molecular weight excluding hydrogens is 416 g/mol. The van der Waals surface area contributed by atoms with Crippen molar-refractivity contribution >= 4 is 41.6 Å². The highest BCUT2D eigenvalue weighted by atomic mass is 79.9. The van der Waals surface area contributed by atoms with Gasteiger partial charge < -0.3 is 0 Å². The molecule has 0 aliphatic carbocycles. The molecule has 6 heteroatoms. The summed E-state index contributed by atoms with van der Waals surface area (Å²) in [5.74, 6) is 0. The normalized spacial score (nSPS) is 11.9. The average Bonchev–Trinajstić information content (AvgIpc) is 2.38. The maximum atomic E-state index is 13.1. The molecule has 0 fully saturated rings. The number of rotatable bonds is 3. The van der Waals surface area contributed by atoms with Gasteiger partial charge in [-0.15, -0.1) is 0 Å². The first-order chi connectivity index (χ1) is 9.39. The molecule has 106 valence electrons. The summed E-state index contributed by atoms with van der Waals surface area (Å²) >= 11 is 6.54. The molecule has 0 nitrogen and oxygen atoms in total. The Morgan fingerprint density at radius 2 is 1.55 bits per heavy atom. The van der Waals surface area contributed by atoms with Crippen molar-refractivity contribution in [1.29, 1.82) is 0 Å². The van der Waals surface area contributed by atoms with Crippen LogP contribution in [0, 0.1) is 0 Å². The van der Waals surface area contributed by atoms with Crippen LogP contribution in [-0.2, 0) is 12.6 Å². The molecule has 0 saturated heterocycles. The molecule has 0 atom stereocenters. The molecule has 2 aromatic rings. The Bertz CT molecular complexity index is 583. The van der Waals surface area contributed by atoms with E-state index in [9.17, 15) is 13.2 Å². The Balaban J connectivity index is 2.48. The Kier molecular flexibility index (Phi) is 5.27. The summed E-state index contributed by atoms with van der Waals surface area (Å²) in [4.78, 5) is 0. The number of hydrogen-bond donors (Lipinski definition) is 0. The summed E-state index contributed by atoms with van der Waals surface area (Å²) in [7, 11) is 0. The molecule has 0 heterocycles. The SMILES string of the molecule is FC(F)(F)c1cccc(Cc2ccccc2)c1P(Br)Br. The zero-order chi connectivity index (χ0) is 14.8. The molecule has 0 unspecified atom stereocenters. The van der Waals surface area contributed by atoms with Gasteiger partial charge in [-0.3, -0.25) is 0 Å².